The van der Waals surface area contributed by atoms with Gasteiger partial charge in [-0.15, -0.1) is 0 Å². The van der Waals surface area contributed by atoms with Crippen molar-refractivity contribution >= 4 is 5.69 Å². The molecule has 0 radical (unpaired) electrons. The van der Waals surface area contributed by atoms with Gasteiger partial charge in [-0.3, -0.25) is 0 Å². The molecule has 0 aromatic heterocycles. The molecule has 0 spiro atoms. The molecule has 3 aromatic carbocycles. The average molecular weight is 395 g/mol. The largest absolute Gasteiger partial charge is 0.342 e. The summed E-state index contributed by atoms with van der Waals surface area (Å²) in [6, 6.07) is 21.6. The Morgan fingerprint density at radius 2 is 1.10 bits per heavy atom. The summed E-state index contributed by atoms with van der Waals surface area (Å²) < 4.78 is 0. The monoisotopic (exact) mass is 395 g/mol. The van der Waals surface area contributed by atoms with E-state index in [9.17, 15) is 30.3 Å². The van der Waals surface area contributed by atoms with Gasteiger partial charge in [0.25, 0.3) is 10.1 Å². The van der Waals surface area contributed by atoms with Crippen molar-refractivity contribution in [3.05, 3.63) is 109 Å². The summed E-state index contributed by atoms with van der Waals surface area (Å²) in [6.45, 7) is 0. The molecule has 0 fully saturated rings. The van der Waals surface area contributed by atoms with Crippen LogP contribution in [0.3, 0.4) is 0 Å². The Kier molecular flexibility index (Phi) is 5.30. The van der Waals surface area contributed by atoms with Crippen LogP contribution in [0.4, 0.5) is 5.69 Å². The van der Waals surface area contributed by atoms with E-state index in [0.717, 1.165) is 0 Å². The van der Waals surface area contributed by atoms with Gasteiger partial charge in [-0.2, -0.15) is 0 Å². The zero-order valence-corrected chi connectivity index (χ0v) is 14.7. The topological polar surface area (TPSA) is 136 Å². The van der Waals surface area contributed by atoms with Crippen molar-refractivity contribution in [2.75, 3.05) is 5.12 Å². The third kappa shape index (κ3) is 3.78. The van der Waals surface area contributed by atoms with Gasteiger partial charge < -0.3 is 0 Å². The van der Waals surface area contributed by atoms with Crippen LogP contribution in [0.25, 0.3) is 22.3 Å². The van der Waals surface area contributed by atoms with Crippen LogP contribution in [0.1, 0.15) is 0 Å². The van der Waals surface area contributed by atoms with E-state index in [4.69, 9.17) is 0 Å². The van der Waals surface area contributed by atoms with Crippen LogP contribution in [-0.2, 0) is 0 Å². The number of hydrazine groups is 4. The van der Waals surface area contributed by atoms with Crippen LogP contribution in [-0.4, -0.2) is 20.3 Å². The highest BCUT2D eigenvalue weighted by atomic mass is 16.8. The van der Waals surface area contributed by atoms with Crippen molar-refractivity contribution in [2.24, 2.45) is 0 Å². The van der Waals surface area contributed by atoms with E-state index in [-0.39, 0.29) is 16.4 Å². The van der Waals surface area contributed by atoms with E-state index in [1.807, 2.05) is 0 Å². The molecular formula is C18H13N5O6. The fraction of sp³-hybridized carbons (Fsp3) is 0. The molecule has 0 aliphatic heterocycles. The second kappa shape index (κ2) is 8.00. The first-order chi connectivity index (χ1) is 13.9. The van der Waals surface area contributed by atoms with Crippen LogP contribution in [0, 0.1) is 30.3 Å². The Morgan fingerprint density at radius 3 is 1.59 bits per heavy atom. The molecule has 0 bridgehead atoms. The van der Waals surface area contributed by atoms with E-state index in [1.165, 1.54) is 12.1 Å². The fourth-order valence-electron chi connectivity index (χ4n) is 2.92. The lowest BCUT2D eigenvalue weighted by atomic mass is 9.93. The summed E-state index contributed by atoms with van der Waals surface area (Å²) >= 11 is 0. The molecule has 0 amide bonds. The molecule has 3 aromatic rings. The van der Waals surface area contributed by atoms with E-state index in [2.05, 4.69) is 0 Å². The lowest BCUT2D eigenvalue weighted by Crippen LogP contribution is -2.53. The van der Waals surface area contributed by atoms with Crippen molar-refractivity contribution in [1.82, 2.24) is 5.23 Å². The highest BCUT2D eigenvalue weighted by molar-refractivity contribution is 5.91. The SMILES string of the molecule is O=[N+]([O-])N(c1cccc(-c2ccccc2)c1-c1ccccc1)N([N+](=O)[O-])[N+](=O)[O-]. The summed E-state index contributed by atoms with van der Waals surface area (Å²) in [5.41, 5.74) is 1.62. The van der Waals surface area contributed by atoms with Gasteiger partial charge in [0.1, 0.15) is 5.12 Å². The molecule has 0 unspecified atom stereocenters. The van der Waals surface area contributed by atoms with Crippen LogP contribution in [0.15, 0.2) is 78.9 Å². The first-order valence-electron chi connectivity index (χ1n) is 8.18. The minimum Gasteiger partial charge on any atom is -0.233 e. The molecule has 0 aliphatic carbocycles. The van der Waals surface area contributed by atoms with Crippen LogP contribution >= 0.6 is 0 Å². The Balaban J connectivity index is 2.35. The normalized spacial score (nSPS) is 10.2. The number of anilines is 1. The molecule has 0 heterocycles. The zero-order chi connectivity index (χ0) is 21.0. The van der Waals surface area contributed by atoms with Gasteiger partial charge in [-0.05, 0) is 22.8 Å². The summed E-state index contributed by atoms with van der Waals surface area (Å²) in [7, 11) is 0. The number of nitro groups is 3. The predicted octanol–water partition coefficient (Wildman–Crippen LogP) is 3.62. The first kappa shape index (κ1) is 19.2. The molecule has 0 saturated heterocycles. The van der Waals surface area contributed by atoms with Gasteiger partial charge in [0.2, 0.25) is 0 Å². The molecule has 29 heavy (non-hydrogen) atoms. The summed E-state index contributed by atoms with van der Waals surface area (Å²) in [5, 5.41) is 29.0. The smallest absolute Gasteiger partial charge is 0.233 e. The molecule has 3 rings (SSSR count). The zero-order valence-electron chi connectivity index (χ0n) is 14.7. The lowest BCUT2D eigenvalue weighted by molar-refractivity contribution is -0.937. The van der Waals surface area contributed by atoms with Crippen LogP contribution in [0.2, 0.25) is 0 Å². The summed E-state index contributed by atoms with van der Waals surface area (Å²) in [6.07, 6.45) is 0. The van der Waals surface area contributed by atoms with Crippen molar-refractivity contribution in [1.29, 1.82) is 0 Å². The molecular weight excluding hydrogens is 382 g/mol. The predicted molar refractivity (Wildman–Crippen MR) is 103 cm³/mol. The minimum atomic E-state index is -1.47. The number of hydrogen-bond donors (Lipinski definition) is 0. The Labute approximate surface area is 163 Å². The summed E-state index contributed by atoms with van der Waals surface area (Å²) in [5.74, 6) is 0. The molecule has 0 saturated carbocycles. The maximum absolute atomic E-state index is 11.7. The average Bonchev–Trinajstić information content (AvgIpc) is 2.72. The maximum atomic E-state index is 11.7. The Morgan fingerprint density at radius 1 is 0.586 bits per heavy atom. The van der Waals surface area contributed by atoms with Gasteiger partial charge in [-0.1, -0.05) is 72.8 Å². The number of nitrogens with zero attached hydrogens (tertiary/aromatic N) is 5. The van der Waals surface area contributed by atoms with Gasteiger partial charge in [-0.25, -0.2) is 30.3 Å². The number of benzene rings is 3. The van der Waals surface area contributed by atoms with E-state index in [1.54, 1.807) is 66.7 Å². The van der Waals surface area contributed by atoms with Crippen LogP contribution < -0.4 is 5.12 Å². The van der Waals surface area contributed by atoms with Gasteiger partial charge in [0.05, 0.1) is 0 Å². The minimum absolute atomic E-state index is 0.186. The van der Waals surface area contributed by atoms with E-state index < -0.39 is 20.3 Å². The first-order valence-corrected chi connectivity index (χ1v) is 8.18. The molecule has 0 aliphatic rings. The van der Waals surface area contributed by atoms with Gasteiger partial charge in [0.15, 0.2) is 10.7 Å². The highest BCUT2D eigenvalue weighted by Gasteiger charge is 2.47. The van der Waals surface area contributed by atoms with Crippen molar-refractivity contribution < 1.29 is 15.1 Å². The van der Waals surface area contributed by atoms with Crippen molar-refractivity contribution in [3.63, 3.8) is 0 Å². The standard InChI is InChI=1S/C18H13N5O6/c24-21(25)19(20(22(26)27)23(28)29)17-13-7-12-16(14-8-3-1-4-9-14)18(17)15-10-5-2-6-11-15/h1-13H. The second-order valence-electron chi connectivity index (χ2n) is 5.70. The van der Waals surface area contributed by atoms with Gasteiger partial charge >= 0.3 is 5.23 Å². The molecule has 11 heteroatoms. The van der Waals surface area contributed by atoms with Crippen molar-refractivity contribution in [3.8, 4) is 22.3 Å². The van der Waals surface area contributed by atoms with Crippen LogP contribution in [0.5, 0.6) is 0 Å². The van der Waals surface area contributed by atoms with Gasteiger partial charge in [0, 0.05) is 5.56 Å². The molecule has 0 atom stereocenters. The number of hydrogen-bond acceptors (Lipinski definition) is 6. The quantitative estimate of drug-likeness (QED) is 0.437. The van der Waals surface area contributed by atoms with E-state index >= 15 is 0 Å². The third-order valence-electron chi connectivity index (χ3n) is 4.02. The molecule has 146 valence electrons. The van der Waals surface area contributed by atoms with Crippen molar-refractivity contribution in [2.45, 2.75) is 0 Å². The molecule has 11 nitrogen and oxygen atoms in total. The van der Waals surface area contributed by atoms with E-state index in [0.29, 0.717) is 16.7 Å². The number of rotatable bonds is 7. The second-order valence-corrected chi connectivity index (χ2v) is 5.70. The molecule has 0 N–H and O–H groups in total. The fourth-order valence-corrected chi connectivity index (χ4v) is 2.92. The lowest BCUT2D eigenvalue weighted by Gasteiger charge is -2.18. The Hall–Kier alpha value is -4.54. The summed E-state index contributed by atoms with van der Waals surface area (Å²) in [4.78, 5) is 34.1. The highest BCUT2D eigenvalue weighted by Crippen LogP contribution is 2.40. The maximum Gasteiger partial charge on any atom is 0.342 e. The third-order valence-corrected chi connectivity index (χ3v) is 4.02. The Bertz CT molecular complexity index is 1050.